The van der Waals surface area contributed by atoms with Gasteiger partial charge in [-0.25, -0.2) is 8.42 Å². The normalized spacial score (nSPS) is 19.0. The summed E-state index contributed by atoms with van der Waals surface area (Å²) < 4.78 is 29.2. The maximum atomic E-state index is 12.0. The van der Waals surface area contributed by atoms with Gasteiger partial charge in [0, 0.05) is 24.0 Å². The lowest BCUT2D eigenvalue weighted by Crippen LogP contribution is -2.35. The highest BCUT2D eigenvalue weighted by Crippen LogP contribution is 2.24. The van der Waals surface area contributed by atoms with Crippen LogP contribution in [0, 0.1) is 0 Å². The van der Waals surface area contributed by atoms with E-state index in [2.05, 4.69) is 35.4 Å². The first kappa shape index (κ1) is 19.3. The minimum Gasteiger partial charge on any atom is -0.497 e. The van der Waals surface area contributed by atoms with Crippen molar-refractivity contribution in [1.29, 1.82) is 0 Å². The number of methoxy groups -OCH3 is 1. The van der Waals surface area contributed by atoms with Gasteiger partial charge in [0.2, 0.25) is 0 Å². The first-order chi connectivity index (χ1) is 12.5. The minimum atomic E-state index is -2.91. The van der Waals surface area contributed by atoms with Gasteiger partial charge in [0.15, 0.2) is 9.84 Å². The van der Waals surface area contributed by atoms with Crippen molar-refractivity contribution >= 4 is 21.6 Å². The van der Waals surface area contributed by atoms with E-state index in [9.17, 15) is 8.42 Å². The van der Waals surface area contributed by atoms with Gasteiger partial charge in [-0.05, 0) is 48.1 Å². The molecule has 1 atom stereocenters. The van der Waals surface area contributed by atoms with Gasteiger partial charge in [-0.2, -0.15) is 0 Å². The van der Waals surface area contributed by atoms with Gasteiger partial charge < -0.3 is 4.74 Å². The topological polar surface area (TPSA) is 46.6 Å². The van der Waals surface area contributed by atoms with Crippen LogP contribution in [0.3, 0.4) is 0 Å². The van der Waals surface area contributed by atoms with Crippen LogP contribution in [0.25, 0.3) is 0 Å². The summed E-state index contributed by atoms with van der Waals surface area (Å²) in [4.78, 5) is 3.53. The van der Waals surface area contributed by atoms with Crippen molar-refractivity contribution in [3.05, 3.63) is 59.7 Å². The number of benzene rings is 2. The van der Waals surface area contributed by atoms with Crippen molar-refractivity contribution in [2.24, 2.45) is 0 Å². The zero-order valence-corrected chi connectivity index (χ0v) is 16.9. The Morgan fingerprint density at radius 3 is 2.08 bits per heavy atom. The molecule has 2 aromatic rings. The Morgan fingerprint density at radius 2 is 1.62 bits per heavy atom. The number of ether oxygens (including phenoxy) is 1. The maximum absolute atomic E-state index is 12.0. The summed E-state index contributed by atoms with van der Waals surface area (Å²) in [5.41, 5.74) is 2.37. The van der Waals surface area contributed by atoms with E-state index in [4.69, 9.17) is 4.74 Å². The molecule has 0 aromatic heterocycles. The van der Waals surface area contributed by atoms with Gasteiger partial charge in [0.05, 0.1) is 18.6 Å². The molecule has 6 heteroatoms. The quantitative estimate of drug-likeness (QED) is 0.675. The fourth-order valence-corrected chi connectivity index (χ4v) is 5.48. The van der Waals surface area contributed by atoms with Gasteiger partial charge in [-0.1, -0.05) is 24.3 Å². The van der Waals surface area contributed by atoms with Crippen LogP contribution in [0.1, 0.15) is 17.5 Å². The van der Waals surface area contributed by atoms with E-state index >= 15 is 0 Å². The molecular weight excluding hydrogens is 366 g/mol. The van der Waals surface area contributed by atoms with E-state index in [0.29, 0.717) is 12.2 Å². The van der Waals surface area contributed by atoms with E-state index in [-0.39, 0.29) is 11.8 Å². The molecule has 3 rings (SSSR count). The number of sulfone groups is 1. The van der Waals surface area contributed by atoms with E-state index in [1.165, 1.54) is 10.5 Å². The van der Waals surface area contributed by atoms with Gasteiger partial charge in [0.1, 0.15) is 5.75 Å². The zero-order valence-electron chi connectivity index (χ0n) is 15.2. The number of nitrogens with zero attached hydrogens (tertiary/aromatic N) is 1. The summed E-state index contributed by atoms with van der Waals surface area (Å²) in [6.07, 6.45) is 2.77. The second kappa shape index (κ2) is 8.46. The lowest BCUT2D eigenvalue weighted by molar-refractivity contribution is 0.194. The first-order valence-corrected chi connectivity index (χ1v) is 11.7. The van der Waals surface area contributed by atoms with E-state index in [1.807, 2.05) is 24.3 Å². The Balaban J connectivity index is 1.78. The Kier molecular flexibility index (Phi) is 6.27. The van der Waals surface area contributed by atoms with Crippen molar-refractivity contribution in [3.63, 3.8) is 0 Å². The molecule has 26 heavy (non-hydrogen) atoms. The molecule has 140 valence electrons. The van der Waals surface area contributed by atoms with Crippen LogP contribution in [0.15, 0.2) is 53.4 Å². The Bertz CT molecular complexity index is 768. The van der Waals surface area contributed by atoms with E-state index in [0.717, 1.165) is 24.4 Å². The van der Waals surface area contributed by atoms with Crippen LogP contribution in [0.2, 0.25) is 0 Å². The molecule has 1 saturated heterocycles. The van der Waals surface area contributed by atoms with Crippen LogP contribution in [0.4, 0.5) is 0 Å². The number of rotatable bonds is 7. The van der Waals surface area contributed by atoms with E-state index in [1.54, 1.807) is 18.9 Å². The van der Waals surface area contributed by atoms with Crippen LogP contribution < -0.4 is 4.74 Å². The third-order valence-corrected chi connectivity index (χ3v) is 7.31. The van der Waals surface area contributed by atoms with Crippen LogP contribution >= 0.6 is 11.8 Å². The van der Waals surface area contributed by atoms with Crippen molar-refractivity contribution in [2.45, 2.75) is 30.4 Å². The van der Waals surface area contributed by atoms with Crippen LogP contribution in [0.5, 0.6) is 5.75 Å². The smallest absolute Gasteiger partial charge is 0.151 e. The number of hydrogen-bond donors (Lipinski definition) is 0. The highest BCUT2D eigenvalue weighted by atomic mass is 32.2. The van der Waals surface area contributed by atoms with Crippen LogP contribution in [-0.4, -0.2) is 44.2 Å². The highest BCUT2D eigenvalue weighted by Gasteiger charge is 2.32. The zero-order chi connectivity index (χ0) is 18.6. The summed E-state index contributed by atoms with van der Waals surface area (Å²) >= 11 is 1.72. The predicted octanol–water partition coefficient (Wildman–Crippen LogP) is 3.61. The van der Waals surface area contributed by atoms with Gasteiger partial charge in [-0.15, -0.1) is 11.8 Å². The summed E-state index contributed by atoms with van der Waals surface area (Å²) in [6, 6.07) is 16.6. The average Bonchev–Trinajstić information content (AvgIpc) is 3.02. The molecule has 4 nitrogen and oxygen atoms in total. The van der Waals surface area contributed by atoms with Crippen molar-refractivity contribution in [2.75, 3.05) is 24.9 Å². The second-order valence-electron chi connectivity index (χ2n) is 6.66. The molecule has 0 radical (unpaired) electrons. The predicted molar refractivity (Wildman–Crippen MR) is 108 cm³/mol. The fraction of sp³-hybridized carbons (Fsp3) is 0.400. The third kappa shape index (κ3) is 5.02. The van der Waals surface area contributed by atoms with Crippen LogP contribution in [-0.2, 0) is 22.9 Å². The van der Waals surface area contributed by atoms with Gasteiger partial charge in [-0.3, -0.25) is 4.90 Å². The van der Waals surface area contributed by atoms with Crippen molar-refractivity contribution < 1.29 is 13.2 Å². The lowest BCUT2D eigenvalue weighted by atomic mass is 10.1. The summed E-state index contributed by atoms with van der Waals surface area (Å²) in [5.74, 6) is 1.38. The first-order valence-electron chi connectivity index (χ1n) is 8.69. The molecule has 0 bridgehead atoms. The largest absolute Gasteiger partial charge is 0.497 e. The molecule has 0 N–H and O–H groups in total. The average molecular weight is 392 g/mol. The molecule has 0 saturated carbocycles. The monoisotopic (exact) mass is 391 g/mol. The third-order valence-electron chi connectivity index (χ3n) is 4.81. The summed E-state index contributed by atoms with van der Waals surface area (Å²) in [5, 5.41) is 0. The molecule has 0 amide bonds. The lowest BCUT2D eigenvalue weighted by Gasteiger charge is -2.28. The molecule has 1 heterocycles. The molecular formula is C20H25NO3S2. The number of hydrogen-bond acceptors (Lipinski definition) is 5. The molecule has 0 aliphatic carbocycles. The molecule has 0 spiro atoms. The van der Waals surface area contributed by atoms with Crippen molar-refractivity contribution in [1.82, 2.24) is 4.90 Å². The molecule has 1 fully saturated rings. The Hall–Kier alpha value is -1.50. The van der Waals surface area contributed by atoms with Crippen molar-refractivity contribution in [3.8, 4) is 5.75 Å². The summed E-state index contributed by atoms with van der Waals surface area (Å²) in [7, 11) is -1.26. The standard InChI is InChI=1S/C20H25NO3S2/c1-24-19-7-3-16(4-8-19)13-21(18-11-12-26(22,23)15-18)14-17-5-9-20(25-2)10-6-17/h3-10,18H,11-15H2,1-2H3/t18-/m0/s1. The molecule has 1 aliphatic heterocycles. The SMILES string of the molecule is COc1ccc(CN(Cc2ccc(SC)cc2)[C@H]2CCS(=O)(=O)C2)cc1. The maximum Gasteiger partial charge on any atom is 0.151 e. The summed E-state index contributed by atoms with van der Waals surface area (Å²) in [6.45, 7) is 1.48. The van der Waals surface area contributed by atoms with Gasteiger partial charge in [0.25, 0.3) is 0 Å². The molecule has 1 aliphatic rings. The number of thioether (sulfide) groups is 1. The molecule has 0 unspecified atom stereocenters. The minimum absolute atomic E-state index is 0.0716. The second-order valence-corrected chi connectivity index (χ2v) is 9.77. The fourth-order valence-electron chi connectivity index (χ4n) is 3.31. The van der Waals surface area contributed by atoms with Gasteiger partial charge >= 0.3 is 0 Å². The Labute approximate surface area is 160 Å². The molecule has 2 aromatic carbocycles. The highest BCUT2D eigenvalue weighted by molar-refractivity contribution is 7.98. The van der Waals surface area contributed by atoms with E-state index < -0.39 is 9.84 Å². The Morgan fingerprint density at radius 1 is 1.04 bits per heavy atom.